The summed E-state index contributed by atoms with van der Waals surface area (Å²) >= 11 is 0. The van der Waals surface area contributed by atoms with Crippen LogP contribution in [0.4, 0.5) is 0 Å². The highest BCUT2D eigenvalue weighted by atomic mass is 16.5. The Balaban J connectivity index is 2.54. The molecule has 0 heterocycles. The van der Waals surface area contributed by atoms with Crippen molar-refractivity contribution < 1.29 is 9.53 Å². The summed E-state index contributed by atoms with van der Waals surface area (Å²) < 4.78 is 5.27. The van der Waals surface area contributed by atoms with Crippen LogP contribution in [0.15, 0.2) is 30.3 Å². The van der Waals surface area contributed by atoms with Crippen LogP contribution in [0.3, 0.4) is 0 Å². The molecule has 0 aromatic heterocycles. The van der Waals surface area contributed by atoms with E-state index in [9.17, 15) is 4.79 Å². The van der Waals surface area contributed by atoms with E-state index in [0.29, 0.717) is 12.5 Å². The van der Waals surface area contributed by atoms with E-state index >= 15 is 0 Å². The van der Waals surface area contributed by atoms with Crippen molar-refractivity contribution in [1.82, 2.24) is 0 Å². The molecule has 16 heavy (non-hydrogen) atoms. The van der Waals surface area contributed by atoms with Gasteiger partial charge in [0.15, 0.2) is 0 Å². The van der Waals surface area contributed by atoms with Gasteiger partial charge in [0.25, 0.3) is 0 Å². The first-order valence-electron chi connectivity index (χ1n) is 5.86. The SMILES string of the molecule is CCC(COC(=O)C(C)C)c1ccccc1. The molecule has 0 spiro atoms. The number of carbonyl (C=O) groups is 1. The lowest BCUT2D eigenvalue weighted by molar-refractivity contribution is -0.147. The number of rotatable bonds is 5. The molecule has 0 fully saturated rings. The van der Waals surface area contributed by atoms with E-state index in [1.165, 1.54) is 5.56 Å². The molecule has 0 aliphatic rings. The molecule has 1 rings (SSSR count). The van der Waals surface area contributed by atoms with Gasteiger partial charge in [0.1, 0.15) is 0 Å². The standard InChI is InChI=1S/C14H20O2/c1-4-12(10-16-14(15)11(2)3)13-8-6-5-7-9-13/h5-9,11-12H,4,10H2,1-3H3. The van der Waals surface area contributed by atoms with Crippen LogP contribution in [0.5, 0.6) is 0 Å². The van der Waals surface area contributed by atoms with Gasteiger partial charge in [0.05, 0.1) is 12.5 Å². The second kappa shape index (κ2) is 6.31. The molecule has 2 nitrogen and oxygen atoms in total. The Morgan fingerprint density at radius 3 is 2.38 bits per heavy atom. The van der Waals surface area contributed by atoms with Crippen LogP contribution in [0.25, 0.3) is 0 Å². The van der Waals surface area contributed by atoms with Crippen molar-refractivity contribution in [1.29, 1.82) is 0 Å². The number of benzene rings is 1. The zero-order chi connectivity index (χ0) is 12.0. The Labute approximate surface area is 97.6 Å². The second-order valence-electron chi connectivity index (χ2n) is 4.30. The monoisotopic (exact) mass is 220 g/mol. The van der Waals surface area contributed by atoms with Crippen molar-refractivity contribution in [3.05, 3.63) is 35.9 Å². The Kier molecular flexibility index (Phi) is 5.03. The average molecular weight is 220 g/mol. The van der Waals surface area contributed by atoms with Crippen molar-refractivity contribution in [2.24, 2.45) is 5.92 Å². The van der Waals surface area contributed by atoms with Gasteiger partial charge in [-0.3, -0.25) is 4.79 Å². The maximum absolute atomic E-state index is 11.4. The van der Waals surface area contributed by atoms with Gasteiger partial charge in [0, 0.05) is 5.92 Å². The Morgan fingerprint density at radius 1 is 1.25 bits per heavy atom. The first-order valence-corrected chi connectivity index (χ1v) is 5.86. The maximum Gasteiger partial charge on any atom is 0.308 e. The van der Waals surface area contributed by atoms with Gasteiger partial charge >= 0.3 is 5.97 Å². The van der Waals surface area contributed by atoms with Gasteiger partial charge in [-0.2, -0.15) is 0 Å². The van der Waals surface area contributed by atoms with Gasteiger partial charge in [-0.05, 0) is 12.0 Å². The minimum atomic E-state index is -0.116. The number of esters is 1. The van der Waals surface area contributed by atoms with E-state index < -0.39 is 0 Å². The molecule has 1 aromatic carbocycles. The topological polar surface area (TPSA) is 26.3 Å². The summed E-state index contributed by atoms with van der Waals surface area (Å²) in [7, 11) is 0. The lowest BCUT2D eigenvalue weighted by Crippen LogP contribution is -2.16. The minimum Gasteiger partial charge on any atom is -0.465 e. The predicted octanol–water partition coefficient (Wildman–Crippen LogP) is 3.38. The highest BCUT2D eigenvalue weighted by Crippen LogP contribution is 2.19. The fraction of sp³-hybridized carbons (Fsp3) is 0.500. The van der Waals surface area contributed by atoms with E-state index in [-0.39, 0.29) is 11.9 Å². The molecule has 0 bridgehead atoms. The van der Waals surface area contributed by atoms with Crippen LogP contribution in [-0.4, -0.2) is 12.6 Å². The molecule has 0 N–H and O–H groups in total. The zero-order valence-electron chi connectivity index (χ0n) is 10.3. The molecular formula is C14H20O2. The van der Waals surface area contributed by atoms with E-state index in [2.05, 4.69) is 19.1 Å². The molecule has 0 saturated carbocycles. The number of hydrogen-bond acceptors (Lipinski definition) is 2. The largest absolute Gasteiger partial charge is 0.465 e. The maximum atomic E-state index is 11.4. The van der Waals surface area contributed by atoms with Crippen LogP contribution in [0.2, 0.25) is 0 Å². The smallest absolute Gasteiger partial charge is 0.308 e. The Hall–Kier alpha value is -1.31. The molecule has 1 atom stereocenters. The fourth-order valence-electron chi connectivity index (χ4n) is 1.52. The number of carbonyl (C=O) groups excluding carboxylic acids is 1. The predicted molar refractivity (Wildman–Crippen MR) is 65.3 cm³/mol. The van der Waals surface area contributed by atoms with Gasteiger partial charge in [-0.15, -0.1) is 0 Å². The third-order valence-corrected chi connectivity index (χ3v) is 2.66. The summed E-state index contributed by atoms with van der Waals surface area (Å²) in [6, 6.07) is 10.2. The molecular weight excluding hydrogens is 200 g/mol. The van der Waals surface area contributed by atoms with Crippen molar-refractivity contribution in [3.63, 3.8) is 0 Å². The molecule has 0 saturated heterocycles. The lowest BCUT2D eigenvalue weighted by Gasteiger charge is -2.16. The number of ether oxygens (including phenoxy) is 1. The van der Waals surface area contributed by atoms with E-state index in [1.807, 2.05) is 32.0 Å². The molecule has 1 aromatic rings. The van der Waals surface area contributed by atoms with E-state index in [1.54, 1.807) is 0 Å². The highest BCUT2D eigenvalue weighted by molar-refractivity contribution is 5.71. The molecule has 88 valence electrons. The fourth-order valence-corrected chi connectivity index (χ4v) is 1.52. The van der Waals surface area contributed by atoms with Gasteiger partial charge in [-0.25, -0.2) is 0 Å². The summed E-state index contributed by atoms with van der Waals surface area (Å²) in [6.45, 7) is 6.30. The summed E-state index contributed by atoms with van der Waals surface area (Å²) in [6.07, 6.45) is 0.982. The third kappa shape index (κ3) is 3.69. The molecule has 2 heteroatoms. The van der Waals surface area contributed by atoms with Gasteiger partial charge in [-0.1, -0.05) is 51.1 Å². The zero-order valence-corrected chi connectivity index (χ0v) is 10.3. The summed E-state index contributed by atoms with van der Waals surface area (Å²) in [5.41, 5.74) is 1.24. The van der Waals surface area contributed by atoms with Crippen LogP contribution in [0.1, 0.15) is 38.7 Å². The Morgan fingerprint density at radius 2 is 1.88 bits per heavy atom. The summed E-state index contributed by atoms with van der Waals surface area (Å²) in [4.78, 5) is 11.4. The third-order valence-electron chi connectivity index (χ3n) is 2.66. The van der Waals surface area contributed by atoms with E-state index in [0.717, 1.165) is 6.42 Å². The van der Waals surface area contributed by atoms with E-state index in [4.69, 9.17) is 4.74 Å². The quantitative estimate of drug-likeness (QED) is 0.711. The molecule has 0 radical (unpaired) electrons. The summed E-state index contributed by atoms with van der Waals surface area (Å²) in [5.74, 6) is 0.145. The average Bonchev–Trinajstić information content (AvgIpc) is 2.30. The molecule has 0 amide bonds. The van der Waals surface area contributed by atoms with Crippen LogP contribution in [-0.2, 0) is 9.53 Å². The van der Waals surface area contributed by atoms with Crippen LogP contribution < -0.4 is 0 Å². The molecule has 0 aliphatic heterocycles. The Bertz CT molecular complexity index is 317. The lowest BCUT2D eigenvalue weighted by atomic mass is 9.97. The highest BCUT2D eigenvalue weighted by Gasteiger charge is 2.13. The van der Waals surface area contributed by atoms with Crippen molar-refractivity contribution in [2.75, 3.05) is 6.61 Å². The first kappa shape index (κ1) is 12.8. The van der Waals surface area contributed by atoms with Crippen LogP contribution in [0, 0.1) is 5.92 Å². The van der Waals surface area contributed by atoms with Crippen molar-refractivity contribution in [3.8, 4) is 0 Å². The van der Waals surface area contributed by atoms with Crippen LogP contribution >= 0.6 is 0 Å². The first-order chi connectivity index (χ1) is 7.65. The van der Waals surface area contributed by atoms with Gasteiger partial charge < -0.3 is 4.74 Å². The normalized spacial score (nSPS) is 12.5. The molecule has 1 unspecified atom stereocenters. The number of hydrogen-bond donors (Lipinski definition) is 0. The van der Waals surface area contributed by atoms with Crippen molar-refractivity contribution in [2.45, 2.75) is 33.1 Å². The van der Waals surface area contributed by atoms with Gasteiger partial charge in [0.2, 0.25) is 0 Å². The molecule has 0 aliphatic carbocycles. The minimum absolute atomic E-state index is 0.0479. The summed E-state index contributed by atoms with van der Waals surface area (Å²) in [5, 5.41) is 0. The second-order valence-corrected chi connectivity index (χ2v) is 4.30. The van der Waals surface area contributed by atoms with Crippen molar-refractivity contribution >= 4 is 5.97 Å².